The van der Waals surface area contributed by atoms with Crippen molar-refractivity contribution in [2.45, 2.75) is 10.6 Å². The molecule has 0 N–H and O–H groups in total. The lowest BCUT2D eigenvalue weighted by atomic mass is 10.2. The van der Waals surface area contributed by atoms with Crippen LogP contribution in [-0.4, -0.2) is 23.1 Å². The van der Waals surface area contributed by atoms with E-state index in [1.807, 2.05) is 0 Å². The van der Waals surface area contributed by atoms with Crippen molar-refractivity contribution in [3.05, 3.63) is 29.3 Å². The fraction of sp³-hybridized carbons (Fsp3) is 0.250. The van der Waals surface area contributed by atoms with Crippen LogP contribution in [0.1, 0.15) is 5.56 Å². The van der Waals surface area contributed by atoms with E-state index in [0.717, 1.165) is 0 Å². The highest BCUT2D eigenvalue weighted by atomic mass is 35.7. The van der Waals surface area contributed by atoms with Gasteiger partial charge >= 0.3 is 0 Å². The Balaban J connectivity index is 3.39. The largest absolute Gasteiger partial charge is 0.236 e. The maximum Gasteiger partial charge on any atom is 0.236 e. The Labute approximate surface area is 102 Å². The quantitative estimate of drug-likeness (QED) is 0.792. The Morgan fingerprint density at radius 3 is 1.82 bits per heavy atom. The summed E-state index contributed by atoms with van der Waals surface area (Å²) in [5.74, 6) is -3.47. The molecule has 0 bridgehead atoms. The van der Waals surface area contributed by atoms with Gasteiger partial charge in [0.1, 0.15) is 16.5 Å². The lowest BCUT2D eigenvalue weighted by Gasteiger charge is -2.05. The minimum atomic E-state index is -4.06. The van der Waals surface area contributed by atoms with E-state index in [0.29, 0.717) is 18.4 Å². The zero-order valence-electron chi connectivity index (χ0n) is 8.45. The molecule has 0 aliphatic heterocycles. The van der Waals surface area contributed by atoms with E-state index < -0.39 is 41.2 Å². The van der Waals surface area contributed by atoms with Gasteiger partial charge in [-0.3, -0.25) is 0 Å². The fourth-order valence-corrected chi connectivity index (χ4v) is 3.02. The first-order valence-corrected chi connectivity index (χ1v) is 8.48. The number of hydrogen-bond donors (Lipinski definition) is 0. The molecule has 0 saturated heterocycles. The first kappa shape index (κ1) is 14.3. The van der Waals surface area contributed by atoms with Gasteiger partial charge in [-0.25, -0.2) is 25.6 Å². The molecule has 0 saturated carbocycles. The molecule has 0 atom stereocenters. The van der Waals surface area contributed by atoms with Gasteiger partial charge in [0.25, 0.3) is 0 Å². The Kier molecular flexibility index (Phi) is 3.80. The van der Waals surface area contributed by atoms with E-state index in [9.17, 15) is 25.6 Å². The smallest absolute Gasteiger partial charge is 0.224 e. The average molecular weight is 305 g/mol. The molecule has 0 heterocycles. The van der Waals surface area contributed by atoms with Crippen LogP contribution in [0.25, 0.3) is 0 Å². The molecule has 1 rings (SSSR count). The lowest BCUT2D eigenvalue weighted by molar-refractivity contribution is 0.519. The van der Waals surface area contributed by atoms with Gasteiger partial charge in [-0.1, -0.05) is 0 Å². The summed E-state index contributed by atoms with van der Waals surface area (Å²) < 4.78 is 70.2. The first-order chi connectivity index (χ1) is 7.50. The number of rotatable bonds is 3. The molecule has 0 aliphatic carbocycles. The lowest BCUT2D eigenvalue weighted by Crippen LogP contribution is -2.06. The summed E-state index contributed by atoms with van der Waals surface area (Å²) in [6.45, 7) is 0. The molecule has 0 radical (unpaired) electrons. The molecule has 0 amide bonds. The number of benzene rings is 1. The molecule has 0 spiro atoms. The highest BCUT2D eigenvalue weighted by Gasteiger charge is 2.21. The number of halogens is 3. The van der Waals surface area contributed by atoms with Gasteiger partial charge in [0, 0.05) is 16.9 Å². The molecular formula is C8H7ClF2O4S2. The van der Waals surface area contributed by atoms with Crippen molar-refractivity contribution in [1.29, 1.82) is 0 Å². The third kappa shape index (κ3) is 3.90. The van der Waals surface area contributed by atoms with E-state index in [-0.39, 0.29) is 5.56 Å². The standard InChI is InChI=1S/C8H7ClF2O4S2/c1-16(12,13)8-6(10)2-5(3-7(8)11)4-17(9,14)15/h2-3H,4H2,1H3. The predicted molar refractivity (Wildman–Crippen MR) is 57.9 cm³/mol. The van der Waals surface area contributed by atoms with Crippen molar-refractivity contribution in [1.82, 2.24) is 0 Å². The van der Waals surface area contributed by atoms with Crippen LogP contribution in [0.2, 0.25) is 0 Å². The van der Waals surface area contributed by atoms with E-state index in [1.54, 1.807) is 0 Å². The maximum absolute atomic E-state index is 13.3. The zero-order valence-corrected chi connectivity index (χ0v) is 10.8. The van der Waals surface area contributed by atoms with Crippen LogP contribution >= 0.6 is 10.7 Å². The van der Waals surface area contributed by atoms with Crippen LogP contribution in [0.5, 0.6) is 0 Å². The van der Waals surface area contributed by atoms with Crippen LogP contribution < -0.4 is 0 Å². The van der Waals surface area contributed by atoms with Gasteiger partial charge in [-0.15, -0.1) is 0 Å². The Morgan fingerprint density at radius 1 is 1.12 bits per heavy atom. The average Bonchev–Trinajstić information content (AvgIpc) is 1.94. The molecule has 4 nitrogen and oxygen atoms in total. The summed E-state index contributed by atoms with van der Waals surface area (Å²) in [5.41, 5.74) is -0.262. The van der Waals surface area contributed by atoms with Crippen molar-refractivity contribution >= 4 is 29.6 Å². The van der Waals surface area contributed by atoms with E-state index in [1.165, 1.54) is 0 Å². The van der Waals surface area contributed by atoms with Crippen LogP contribution in [0.4, 0.5) is 8.78 Å². The summed E-state index contributed by atoms with van der Waals surface area (Å²) in [5, 5.41) is 0. The van der Waals surface area contributed by atoms with Gasteiger partial charge in [0.2, 0.25) is 9.05 Å². The molecule has 1 aromatic rings. The zero-order chi connectivity index (χ0) is 13.4. The van der Waals surface area contributed by atoms with Crippen LogP contribution in [0, 0.1) is 11.6 Å². The highest BCUT2D eigenvalue weighted by Crippen LogP contribution is 2.22. The molecular weight excluding hydrogens is 298 g/mol. The minimum absolute atomic E-state index is 0.262. The van der Waals surface area contributed by atoms with Crippen LogP contribution in [0.15, 0.2) is 17.0 Å². The highest BCUT2D eigenvalue weighted by molar-refractivity contribution is 8.13. The topological polar surface area (TPSA) is 68.3 Å². The molecule has 9 heteroatoms. The molecule has 96 valence electrons. The first-order valence-electron chi connectivity index (χ1n) is 4.11. The van der Waals surface area contributed by atoms with Crippen LogP contribution in [0.3, 0.4) is 0 Å². The normalized spacial score (nSPS) is 12.7. The van der Waals surface area contributed by atoms with Crippen LogP contribution in [-0.2, 0) is 24.6 Å². The molecule has 1 aromatic carbocycles. The summed E-state index contributed by atoms with van der Waals surface area (Å²) >= 11 is 0. The molecule has 0 aromatic heterocycles. The van der Waals surface area contributed by atoms with Gasteiger partial charge in [-0.05, 0) is 17.7 Å². The Hall–Kier alpha value is -0.730. The number of hydrogen-bond acceptors (Lipinski definition) is 4. The van der Waals surface area contributed by atoms with Gasteiger partial charge in [0.05, 0.1) is 5.75 Å². The predicted octanol–water partition coefficient (Wildman–Crippen LogP) is 1.44. The van der Waals surface area contributed by atoms with E-state index in [2.05, 4.69) is 0 Å². The van der Waals surface area contributed by atoms with Crippen molar-refractivity contribution in [2.75, 3.05) is 6.26 Å². The third-order valence-electron chi connectivity index (χ3n) is 1.77. The van der Waals surface area contributed by atoms with E-state index in [4.69, 9.17) is 10.7 Å². The maximum atomic E-state index is 13.3. The monoisotopic (exact) mass is 304 g/mol. The Morgan fingerprint density at radius 2 is 1.53 bits per heavy atom. The third-order valence-corrected chi connectivity index (χ3v) is 3.90. The fourth-order valence-electron chi connectivity index (χ4n) is 1.25. The van der Waals surface area contributed by atoms with Gasteiger partial charge in [0.15, 0.2) is 9.84 Å². The second kappa shape index (κ2) is 4.51. The van der Waals surface area contributed by atoms with Crippen molar-refractivity contribution in [3.63, 3.8) is 0 Å². The molecule has 17 heavy (non-hydrogen) atoms. The molecule has 0 fully saturated rings. The SMILES string of the molecule is CS(=O)(=O)c1c(F)cc(CS(=O)(=O)Cl)cc1F. The van der Waals surface area contributed by atoms with Gasteiger partial charge in [-0.2, -0.15) is 0 Å². The molecule has 0 aliphatic rings. The second-order valence-corrected chi connectivity index (χ2v) is 8.07. The minimum Gasteiger partial charge on any atom is -0.224 e. The second-order valence-electron chi connectivity index (χ2n) is 3.34. The Bertz CT molecular complexity index is 629. The van der Waals surface area contributed by atoms with Crippen molar-refractivity contribution in [2.24, 2.45) is 0 Å². The van der Waals surface area contributed by atoms with Crippen molar-refractivity contribution in [3.8, 4) is 0 Å². The summed E-state index contributed by atoms with van der Waals surface area (Å²) in [6, 6.07) is 1.25. The van der Waals surface area contributed by atoms with Crippen molar-refractivity contribution < 1.29 is 25.6 Å². The summed E-state index contributed by atoms with van der Waals surface area (Å²) in [4.78, 5) is -1.09. The van der Waals surface area contributed by atoms with E-state index >= 15 is 0 Å². The number of sulfone groups is 1. The van der Waals surface area contributed by atoms with Gasteiger partial charge < -0.3 is 0 Å². The summed E-state index contributed by atoms with van der Waals surface area (Å²) in [7, 11) is -3.12. The summed E-state index contributed by atoms with van der Waals surface area (Å²) in [6.07, 6.45) is 0.645. The molecule has 0 unspecified atom stereocenters.